The van der Waals surface area contributed by atoms with Gasteiger partial charge in [0.05, 0.1) is 0 Å². The van der Waals surface area contributed by atoms with Gasteiger partial charge in [0.25, 0.3) is 5.91 Å². The minimum atomic E-state index is -0.134. The quantitative estimate of drug-likeness (QED) is 0.762. The molecule has 0 unspecified atom stereocenters. The third-order valence-electron chi connectivity index (χ3n) is 2.96. The van der Waals surface area contributed by atoms with Crippen LogP contribution in [0.15, 0.2) is 28.7 Å². The van der Waals surface area contributed by atoms with Gasteiger partial charge in [-0.15, -0.1) is 0 Å². The zero-order valence-electron chi connectivity index (χ0n) is 12.0. The molecule has 1 aromatic rings. The summed E-state index contributed by atoms with van der Waals surface area (Å²) in [5.74, 6) is 0.535. The Balaban J connectivity index is 2.28. The summed E-state index contributed by atoms with van der Waals surface area (Å²) in [6, 6.07) is 7.35. The van der Waals surface area contributed by atoms with Gasteiger partial charge < -0.3 is 15.2 Å². The van der Waals surface area contributed by atoms with Crippen molar-refractivity contribution in [1.82, 2.24) is 5.32 Å². The lowest BCUT2D eigenvalue weighted by Crippen LogP contribution is -2.36. The number of carbonyl (C=O) groups is 1. The normalized spacial score (nSPS) is 11.2. The van der Waals surface area contributed by atoms with Crippen molar-refractivity contribution in [2.75, 3.05) is 19.8 Å². The standard InChI is InChI=1S/C15H22BrNO3/c1-15(2,8-3-9-18)11-17-14(19)10-20-13-6-4-12(16)5-7-13/h4-7,18H,3,8-11H2,1-2H3,(H,17,19). The Morgan fingerprint density at radius 1 is 1.35 bits per heavy atom. The van der Waals surface area contributed by atoms with Gasteiger partial charge in [-0.3, -0.25) is 4.79 Å². The molecule has 0 spiro atoms. The molecule has 0 aliphatic heterocycles. The lowest BCUT2D eigenvalue weighted by molar-refractivity contribution is -0.123. The van der Waals surface area contributed by atoms with Crippen LogP contribution in [0.25, 0.3) is 0 Å². The van der Waals surface area contributed by atoms with Gasteiger partial charge in [-0.25, -0.2) is 0 Å². The molecular weight excluding hydrogens is 322 g/mol. The van der Waals surface area contributed by atoms with Crippen molar-refractivity contribution in [2.24, 2.45) is 5.41 Å². The SMILES string of the molecule is CC(C)(CCCO)CNC(=O)COc1ccc(Br)cc1. The van der Waals surface area contributed by atoms with E-state index in [4.69, 9.17) is 9.84 Å². The van der Waals surface area contributed by atoms with Gasteiger partial charge in [0.15, 0.2) is 6.61 Å². The predicted octanol–water partition coefficient (Wildman–Crippen LogP) is 2.74. The average molecular weight is 344 g/mol. The number of ether oxygens (including phenoxy) is 1. The summed E-state index contributed by atoms with van der Waals surface area (Å²) in [5.41, 5.74) is -0.0179. The molecule has 0 aliphatic carbocycles. The highest BCUT2D eigenvalue weighted by Crippen LogP contribution is 2.20. The molecule has 1 rings (SSSR count). The van der Waals surface area contributed by atoms with Crippen molar-refractivity contribution in [3.8, 4) is 5.75 Å². The topological polar surface area (TPSA) is 58.6 Å². The monoisotopic (exact) mass is 343 g/mol. The molecule has 0 aromatic heterocycles. The third-order valence-corrected chi connectivity index (χ3v) is 3.49. The largest absolute Gasteiger partial charge is 0.484 e. The molecule has 0 heterocycles. The Bertz CT molecular complexity index is 418. The van der Waals surface area contributed by atoms with E-state index >= 15 is 0 Å². The molecule has 1 amide bonds. The lowest BCUT2D eigenvalue weighted by Gasteiger charge is -2.24. The number of aliphatic hydroxyl groups excluding tert-OH is 1. The van der Waals surface area contributed by atoms with E-state index in [1.165, 1.54) is 0 Å². The second-order valence-electron chi connectivity index (χ2n) is 5.51. The Morgan fingerprint density at radius 2 is 2.00 bits per heavy atom. The summed E-state index contributed by atoms with van der Waals surface area (Å²) in [6.07, 6.45) is 1.62. The molecule has 0 saturated carbocycles. The van der Waals surface area contributed by atoms with Crippen molar-refractivity contribution < 1.29 is 14.6 Å². The molecule has 112 valence electrons. The van der Waals surface area contributed by atoms with Gasteiger partial charge >= 0.3 is 0 Å². The Morgan fingerprint density at radius 3 is 2.60 bits per heavy atom. The molecule has 0 bridgehead atoms. The van der Waals surface area contributed by atoms with Crippen molar-refractivity contribution in [1.29, 1.82) is 0 Å². The van der Waals surface area contributed by atoms with Gasteiger partial charge in [-0.2, -0.15) is 0 Å². The van der Waals surface area contributed by atoms with E-state index in [1.807, 2.05) is 24.3 Å². The molecule has 0 saturated heterocycles. The highest BCUT2D eigenvalue weighted by atomic mass is 79.9. The number of nitrogens with one attached hydrogen (secondary N) is 1. The molecule has 20 heavy (non-hydrogen) atoms. The molecule has 5 heteroatoms. The summed E-state index contributed by atoms with van der Waals surface area (Å²) >= 11 is 3.34. The second-order valence-corrected chi connectivity index (χ2v) is 6.43. The first-order valence-corrected chi connectivity index (χ1v) is 7.48. The summed E-state index contributed by atoms with van der Waals surface area (Å²) in [6.45, 7) is 4.91. The molecule has 0 aliphatic rings. The first-order chi connectivity index (χ1) is 9.43. The van der Waals surface area contributed by atoms with Crippen LogP contribution in [0.3, 0.4) is 0 Å². The predicted molar refractivity (Wildman–Crippen MR) is 82.7 cm³/mol. The van der Waals surface area contributed by atoms with Crippen molar-refractivity contribution in [3.63, 3.8) is 0 Å². The zero-order chi connectivity index (χ0) is 15.0. The van der Waals surface area contributed by atoms with E-state index in [-0.39, 0.29) is 24.5 Å². The maximum absolute atomic E-state index is 11.7. The fraction of sp³-hybridized carbons (Fsp3) is 0.533. The molecular formula is C15H22BrNO3. The number of benzene rings is 1. The molecule has 4 nitrogen and oxygen atoms in total. The van der Waals surface area contributed by atoms with E-state index < -0.39 is 0 Å². The molecule has 0 radical (unpaired) electrons. The van der Waals surface area contributed by atoms with Crippen LogP contribution in [-0.2, 0) is 4.79 Å². The van der Waals surface area contributed by atoms with Crippen LogP contribution < -0.4 is 10.1 Å². The number of amides is 1. The Labute approximate surface area is 128 Å². The zero-order valence-corrected chi connectivity index (χ0v) is 13.6. The van der Waals surface area contributed by atoms with Crippen LogP contribution in [0.1, 0.15) is 26.7 Å². The molecule has 2 N–H and O–H groups in total. The summed E-state index contributed by atoms with van der Waals surface area (Å²) in [5, 5.41) is 11.7. The number of rotatable bonds is 8. The maximum atomic E-state index is 11.7. The van der Waals surface area contributed by atoms with Gasteiger partial charge in [-0.1, -0.05) is 29.8 Å². The van der Waals surface area contributed by atoms with E-state index in [0.29, 0.717) is 12.3 Å². The molecule has 0 atom stereocenters. The fourth-order valence-electron chi connectivity index (χ4n) is 1.71. The van der Waals surface area contributed by atoms with E-state index in [0.717, 1.165) is 17.3 Å². The smallest absolute Gasteiger partial charge is 0.257 e. The minimum Gasteiger partial charge on any atom is -0.484 e. The summed E-state index contributed by atoms with van der Waals surface area (Å²) in [4.78, 5) is 11.7. The summed E-state index contributed by atoms with van der Waals surface area (Å²) in [7, 11) is 0. The van der Waals surface area contributed by atoms with Crippen LogP contribution in [-0.4, -0.2) is 30.8 Å². The first-order valence-electron chi connectivity index (χ1n) is 6.69. The van der Waals surface area contributed by atoms with E-state index in [1.54, 1.807) is 0 Å². The third kappa shape index (κ3) is 6.91. The van der Waals surface area contributed by atoms with Crippen LogP contribution in [0, 0.1) is 5.41 Å². The molecule has 1 aromatic carbocycles. The first kappa shape index (κ1) is 17.0. The van der Waals surface area contributed by atoms with Gasteiger partial charge in [-0.05, 0) is 42.5 Å². The number of halogens is 1. The minimum absolute atomic E-state index is 0.0116. The Hall–Kier alpha value is -1.07. The fourth-order valence-corrected chi connectivity index (χ4v) is 1.98. The maximum Gasteiger partial charge on any atom is 0.257 e. The van der Waals surface area contributed by atoms with Crippen LogP contribution in [0.4, 0.5) is 0 Å². The van der Waals surface area contributed by atoms with E-state index in [2.05, 4.69) is 35.1 Å². The Kier molecular flexibility index (Phi) is 7.02. The number of carbonyl (C=O) groups excluding carboxylic acids is 1. The van der Waals surface area contributed by atoms with Crippen molar-refractivity contribution >= 4 is 21.8 Å². The second kappa shape index (κ2) is 8.27. The van der Waals surface area contributed by atoms with Crippen LogP contribution >= 0.6 is 15.9 Å². The highest BCUT2D eigenvalue weighted by molar-refractivity contribution is 9.10. The number of hydrogen-bond acceptors (Lipinski definition) is 3. The molecule has 0 fully saturated rings. The number of hydrogen-bond donors (Lipinski definition) is 2. The van der Waals surface area contributed by atoms with Crippen molar-refractivity contribution in [2.45, 2.75) is 26.7 Å². The van der Waals surface area contributed by atoms with Crippen LogP contribution in [0.2, 0.25) is 0 Å². The number of aliphatic hydroxyl groups is 1. The van der Waals surface area contributed by atoms with Gasteiger partial charge in [0.2, 0.25) is 0 Å². The summed E-state index contributed by atoms with van der Waals surface area (Å²) < 4.78 is 6.37. The lowest BCUT2D eigenvalue weighted by atomic mass is 9.88. The van der Waals surface area contributed by atoms with Gasteiger partial charge in [0, 0.05) is 17.6 Å². The average Bonchev–Trinajstić information content (AvgIpc) is 2.42. The van der Waals surface area contributed by atoms with Gasteiger partial charge in [0.1, 0.15) is 5.75 Å². The van der Waals surface area contributed by atoms with E-state index in [9.17, 15) is 4.79 Å². The van der Waals surface area contributed by atoms with Crippen LogP contribution in [0.5, 0.6) is 5.75 Å². The van der Waals surface area contributed by atoms with Crippen molar-refractivity contribution in [3.05, 3.63) is 28.7 Å². The highest BCUT2D eigenvalue weighted by Gasteiger charge is 2.18.